The minimum Gasteiger partial charge on any atom is -0.754 e. The van der Waals surface area contributed by atoms with E-state index in [9.17, 15) is 10.0 Å². The van der Waals surface area contributed by atoms with Crippen LogP contribution in [0.5, 0.6) is 0 Å². The first-order valence-corrected chi connectivity index (χ1v) is 5.52. The van der Waals surface area contributed by atoms with Gasteiger partial charge in [-0.2, -0.15) is 0 Å². The van der Waals surface area contributed by atoms with E-state index in [1.165, 1.54) is 0 Å². The van der Waals surface area contributed by atoms with Crippen molar-refractivity contribution < 1.29 is 9.53 Å². The van der Waals surface area contributed by atoms with Gasteiger partial charge < -0.3 is 15.0 Å². The van der Waals surface area contributed by atoms with Crippen molar-refractivity contribution in [3.05, 3.63) is 5.21 Å². The summed E-state index contributed by atoms with van der Waals surface area (Å²) in [6, 6.07) is 0. The number of unbranched alkanes of at least 4 members (excludes halogenated alkanes) is 2. The first-order chi connectivity index (χ1) is 6.22. The molecule has 4 nitrogen and oxygen atoms in total. The Kier molecular flexibility index (Phi) is 8.13. The molecule has 0 aliphatic rings. The van der Waals surface area contributed by atoms with Crippen molar-refractivity contribution in [2.75, 3.05) is 18.5 Å². The second-order valence-electron chi connectivity index (χ2n) is 2.55. The zero-order valence-electron chi connectivity index (χ0n) is 7.79. The van der Waals surface area contributed by atoms with Gasteiger partial charge >= 0.3 is 6.09 Å². The van der Waals surface area contributed by atoms with E-state index in [0.717, 1.165) is 24.6 Å². The van der Waals surface area contributed by atoms with Gasteiger partial charge in [-0.25, -0.2) is 4.79 Å². The average molecular weight is 253 g/mol. The third kappa shape index (κ3) is 6.83. The number of carbonyl (C=O) groups is 1. The molecule has 0 N–H and O–H groups in total. The van der Waals surface area contributed by atoms with Gasteiger partial charge in [0.15, 0.2) is 0 Å². The molecule has 0 rings (SSSR count). The number of hydrogen-bond donors (Lipinski definition) is 0. The van der Waals surface area contributed by atoms with E-state index in [0.29, 0.717) is 5.06 Å². The van der Waals surface area contributed by atoms with Crippen LogP contribution in [0.3, 0.4) is 0 Å². The highest BCUT2D eigenvalue weighted by Gasteiger charge is 2.02. The summed E-state index contributed by atoms with van der Waals surface area (Å²) in [7, 11) is 0. The maximum atomic E-state index is 10.9. The summed E-state index contributed by atoms with van der Waals surface area (Å²) < 4.78 is 4.53. The summed E-state index contributed by atoms with van der Waals surface area (Å²) in [5.41, 5.74) is 0. The molecule has 0 aromatic carbocycles. The molecule has 1 amide bonds. The van der Waals surface area contributed by atoms with Gasteiger partial charge in [-0.05, 0) is 19.8 Å². The molecule has 0 saturated carbocycles. The maximum absolute atomic E-state index is 10.9. The van der Waals surface area contributed by atoms with Crippen LogP contribution < -0.4 is 0 Å². The standard InChI is InChI=1S/C8H15BrNO3/c1-2-13-8(11)10(12)7-5-3-4-6-9/h2-7H2,1H3/q-1. The molecule has 0 radical (unpaired) electrons. The Morgan fingerprint density at radius 1 is 1.46 bits per heavy atom. The SMILES string of the molecule is CCOC(=O)N([O-])CCCCCBr. The van der Waals surface area contributed by atoms with Gasteiger partial charge in [-0.15, -0.1) is 0 Å². The number of rotatable bonds is 6. The maximum Gasteiger partial charge on any atom is 0.398 e. The van der Waals surface area contributed by atoms with Crippen LogP contribution in [0.1, 0.15) is 26.2 Å². The fraction of sp³-hybridized carbons (Fsp3) is 0.875. The molecule has 0 saturated heterocycles. The molecule has 5 heteroatoms. The average Bonchev–Trinajstić information content (AvgIpc) is 2.12. The Bertz CT molecular complexity index is 143. The molecule has 0 aliphatic heterocycles. The predicted molar refractivity (Wildman–Crippen MR) is 54.7 cm³/mol. The Balaban J connectivity index is 3.38. The van der Waals surface area contributed by atoms with E-state index >= 15 is 0 Å². The Morgan fingerprint density at radius 3 is 2.69 bits per heavy atom. The zero-order valence-corrected chi connectivity index (χ0v) is 9.38. The lowest BCUT2D eigenvalue weighted by atomic mass is 10.2. The molecular formula is C8H15BrNO3-. The van der Waals surface area contributed by atoms with Gasteiger partial charge in [0, 0.05) is 11.9 Å². The van der Waals surface area contributed by atoms with Crippen molar-refractivity contribution in [3.63, 3.8) is 0 Å². The van der Waals surface area contributed by atoms with Gasteiger partial charge in [0.25, 0.3) is 0 Å². The van der Waals surface area contributed by atoms with Crippen LogP contribution in [0, 0.1) is 5.21 Å². The van der Waals surface area contributed by atoms with Crippen LogP contribution in [-0.2, 0) is 4.74 Å². The molecule has 0 fully saturated rings. The van der Waals surface area contributed by atoms with Crippen molar-refractivity contribution in [2.24, 2.45) is 0 Å². The molecule has 0 atom stereocenters. The molecule has 0 unspecified atom stereocenters. The second kappa shape index (κ2) is 8.31. The Morgan fingerprint density at radius 2 is 2.15 bits per heavy atom. The second-order valence-corrected chi connectivity index (χ2v) is 3.34. The fourth-order valence-electron chi connectivity index (χ4n) is 0.813. The zero-order chi connectivity index (χ0) is 10.1. The molecule has 78 valence electrons. The predicted octanol–water partition coefficient (Wildman–Crippen LogP) is 2.51. The van der Waals surface area contributed by atoms with Crippen molar-refractivity contribution >= 4 is 22.0 Å². The number of ether oxygens (including phenoxy) is 1. The third-order valence-corrected chi connectivity index (χ3v) is 2.03. The van der Waals surface area contributed by atoms with E-state index in [4.69, 9.17) is 0 Å². The minimum absolute atomic E-state index is 0.228. The largest absolute Gasteiger partial charge is 0.754 e. The number of amides is 1. The summed E-state index contributed by atoms with van der Waals surface area (Å²) in [6.45, 7) is 2.15. The van der Waals surface area contributed by atoms with Crippen molar-refractivity contribution in [2.45, 2.75) is 26.2 Å². The third-order valence-electron chi connectivity index (χ3n) is 1.47. The van der Waals surface area contributed by atoms with Gasteiger partial charge in [-0.1, -0.05) is 22.4 Å². The van der Waals surface area contributed by atoms with E-state index in [1.807, 2.05) is 0 Å². The van der Waals surface area contributed by atoms with E-state index in [1.54, 1.807) is 6.92 Å². The summed E-state index contributed by atoms with van der Waals surface area (Å²) in [4.78, 5) is 10.8. The van der Waals surface area contributed by atoms with Crippen LogP contribution in [-0.4, -0.2) is 29.6 Å². The summed E-state index contributed by atoms with van der Waals surface area (Å²) >= 11 is 3.29. The number of nitrogens with zero attached hydrogens (tertiary/aromatic N) is 1. The molecule has 0 spiro atoms. The van der Waals surface area contributed by atoms with Gasteiger partial charge in [-0.3, -0.25) is 0 Å². The van der Waals surface area contributed by atoms with Gasteiger partial charge in [0.2, 0.25) is 0 Å². The number of halogens is 1. The molecule has 0 bridgehead atoms. The van der Waals surface area contributed by atoms with Crippen LogP contribution in [0.4, 0.5) is 4.79 Å². The molecule has 13 heavy (non-hydrogen) atoms. The Hall–Kier alpha value is -0.290. The molecule has 0 aliphatic carbocycles. The van der Waals surface area contributed by atoms with E-state index in [2.05, 4.69) is 20.7 Å². The summed E-state index contributed by atoms with van der Waals surface area (Å²) in [5.74, 6) is 0. The summed E-state index contributed by atoms with van der Waals surface area (Å²) in [5, 5.41) is 12.2. The van der Waals surface area contributed by atoms with Crippen molar-refractivity contribution in [3.8, 4) is 0 Å². The van der Waals surface area contributed by atoms with Crippen LogP contribution in [0.25, 0.3) is 0 Å². The van der Waals surface area contributed by atoms with Gasteiger partial charge in [0.1, 0.15) is 0 Å². The van der Waals surface area contributed by atoms with E-state index < -0.39 is 6.09 Å². The molecule has 0 aromatic rings. The van der Waals surface area contributed by atoms with E-state index in [-0.39, 0.29) is 13.2 Å². The quantitative estimate of drug-likeness (QED) is 0.415. The smallest absolute Gasteiger partial charge is 0.398 e. The lowest BCUT2D eigenvalue weighted by Crippen LogP contribution is -2.26. The monoisotopic (exact) mass is 252 g/mol. The number of hydroxylamine groups is 2. The fourth-order valence-corrected chi connectivity index (χ4v) is 1.21. The first kappa shape index (κ1) is 12.7. The van der Waals surface area contributed by atoms with Crippen LogP contribution in [0.15, 0.2) is 0 Å². The molecule has 0 heterocycles. The molecule has 0 aromatic heterocycles. The topological polar surface area (TPSA) is 52.6 Å². The number of hydrogen-bond acceptors (Lipinski definition) is 3. The van der Waals surface area contributed by atoms with Crippen molar-refractivity contribution in [1.82, 2.24) is 5.06 Å². The highest BCUT2D eigenvalue weighted by Crippen LogP contribution is 2.01. The number of carbonyl (C=O) groups excluding carboxylic acids is 1. The van der Waals surface area contributed by atoms with Crippen molar-refractivity contribution in [1.29, 1.82) is 0 Å². The minimum atomic E-state index is -0.777. The Labute approximate surface area is 86.9 Å². The van der Waals surface area contributed by atoms with Crippen LogP contribution >= 0.6 is 15.9 Å². The normalized spacial score (nSPS) is 9.77. The highest BCUT2D eigenvalue weighted by molar-refractivity contribution is 9.09. The van der Waals surface area contributed by atoms with Crippen LogP contribution in [0.2, 0.25) is 0 Å². The number of alkyl halides is 1. The summed E-state index contributed by atoms with van der Waals surface area (Å²) in [6.07, 6.45) is 1.93. The first-order valence-electron chi connectivity index (χ1n) is 4.39. The van der Waals surface area contributed by atoms with Gasteiger partial charge in [0.05, 0.1) is 6.61 Å². The highest BCUT2D eigenvalue weighted by atomic mass is 79.9. The lowest BCUT2D eigenvalue weighted by molar-refractivity contribution is 0.122. The lowest BCUT2D eigenvalue weighted by Gasteiger charge is -2.26. The molecular weight excluding hydrogens is 238 g/mol.